The number of hydrogen-bond acceptors (Lipinski definition) is 8. The van der Waals surface area contributed by atoms with Crippen molar-refractivity contribution in [1.82, 2.24) is 14.8 Å². The number of nitrogens with one attached hydrogen (secondary N) is 2. The van der Waals surface area contributed by atoms with E-state index in [0.29, 0.717) is 42.1 Å². The first-order chi connectivity index (χ1) is 15.5. The van der Waals surface area contributed by atoms with Crippen molar-refractivity contribution in [3.8, 4) is 17.9 Å². The average Bonchev–Trinajstić information content (AvgIpc) is 2.81. The van der Waals surface area contributed by atoms with Gasteiger partial charge in [-0.05, 0) is 61.7 Å². The Morgan fingerprint density at radius 2 is 1.91 bits per heavy atom. The molecule has 32 heavy (non-hydrogen) atoms. The predicted molar refractivity (Wildman–Crippen MR) is 121 cm³/mol. The van der Waals surface area contributed by atoms with Crippen LogP contribution in [0.5, 0.6) is 5.75 Å². The highest BCUT2D eigenvalue weighted by Crippen LogP contribution is 2.32. The minimum absolute atomic E-state index is 0.108. The highest BCUT2D eigenvalue weighted by atomic mass is 16.5. The van der Waals surface area contributed by atoms with E-state index in [1.54, 1.807) is 31.4 Å². The molecule has 0 fully saturated rings. The number of rotatable bonds is 8. The highest BCUT2D eigenvalue weighted by molar-refractivity contribution is 5.68. The minimum Gasteiger partial charge on any atom is -0.495 e. The van der Waals surface area contributed by atoms with Crippen LogP contribution in [0.2, 0.25) is 0 Å². The number of methoxy groups -OCH3 is 1. The number of nitrogens with zero attached hydrogens (tertiary/aromatic N) is 5. The quantitative estimate of drug-likeness (QED) is 0.553. The molecular formula is C23H23N7O2. The molecule has 3 rings (SSSR count). The Bertz CT molecular complexity index is 1250. The maximum atomic E-state index is 12.7. The Morgan fingerprint density at radius 3 is 2.53 bits per heavy atom. The monoisotopic (exact) mass is 429 g/mol. The van der Waals surface area contributed by atoms with Gasteiger partial charge in [0.05, 0.1) is 30.5 Å². The molecule has 0 saturated carbocycles. The van der Waals surface area contributed by atoms with Crippen molar-refractivity contribution < 1.29 is 4.74 Å². The van der Waals surface area contributed by atoms with Gasteiger partial charge in [-0.25, -0.2) is 4.68 Å². The lowest BCUT2D eigenvalue weighted by atomic mass is 10.0. The Kier molecular flexibility index (Phi) is 7.04. The zero-order chi connectivity index (χ0) is 23.1. The molecule has 0 atom stereocenters. The second-order valence-corrected chi connectivity index (χ2v) is 6.99. The summed E-state index contributed by atoms with van der Waals surface area (Å²) in [6.45, 7) is 4.10. The van der Waals surface area contributed by atoms with Crippen LogP contribution in [0.15, 0.2) is 41.2 Å². The Hall–Kier alpha value is -4.37. The Labute approximate surface area is 185 Å². The molecule has 0 aliphatic rings. The predicted octanol–water partition coefficient (Wildman–Crippen LogP) is 3.79. The molecule has 1 heterocycles. The van der Waals surface area contributed by atoms with Gasteiger partial charge in [0, 0.05) is 18.7 Å². The summed E-state index contributed by atoms with van der Waals surface area (Å²) in [5, 5.41) is 28.3. The molecular weight excluding hydrogens is 406 g/mol. The second kappa shape index (κ2) is 10.1. The fraction of sp³-hybridized carbons (Fsp3) is 0.261. The van der Waals surface area contributed by atoms with Crippen LogP contribution in [0.1, 0.15) is 30.0 Å². The topological polar surface area (TPSA) is 129 Å². The van der Waals surface area contributed by atoms with E-state index in [1.807, 2.05) is 26.0 Å². The third-order valence-electron chi connectivity index (χ3n) is 4.79. The lowest BCUT2D eigenvalue weighted by molar-refractivity contribution is 0.416. The molecule has 0 spiro atoms. The normalized spacial score (nSPS) is 10.2. The molecule has 2 aromatic carbocycles. The molecule has 0 bridgehead atoms. The maximum absolute atomic E-state index is 12.7. The Balaban J connectivity index is 1.96. The van der Waals surface area contributed by atoms with Crippen LogP contribution < -0.4 is 20.9 Å². The largest absolute Gasteiger partial charge is 0.495 e. The van der Waals surface area contributed by atoms with Gasteiger partial charge in [0.1, 0.15) is 5.75 Å². The molecule has 3 aromatic rings. The van der Waals surface area contributed by atoms with E-state index in [-0.39, 0.29) is 17.3 Å². The van der Waals surface area contributed by atoms with Crippen molar-refractivity contribution >= 4 is 23.1 Å². The van der Waals surface area contributed by atoms with Gasteiger partial charge in [-0.15, -0.1) is 5.10 Å². The number of anilines is 4. The lowest BCUT2D eigenvalue weighted by Crippen LogP contribution is -2.27. The molecule has 0 aliphatic heterocycles. The van der Waals surface area contributed by atoms with Gasteiger partial charge in [0.15, 0.2) is 0 Å². The van der Waals surface area contributed by atoms with Crippen molar-refractivity contribution in [1.29, 1.82) is 10.5 Å². The highest BCUT2D eigenvalue weighted by Gasteiger charge is 2.14. The van der Waals surface area contributed by atoms with E-state index in [2.05, 4.69) is 32.9 Å². The van der Waals surface area contributed by atoms with Crippen LogP contribution in [-0.4, -0.2) is 21.9 Å². The fourth-order valence-corrected chi connectivity index (χ4v) is 3.18. The third kappa shape index (κ3) is 5.02. The second-order valence-electron chi connectivity index (χ2n) is 6.99. The van der Waals surface area contributed by atoms with Crippen molar-refractivity contribution in [3.63, 3.8) is 0 Å². The van der Waals surface area contributed by atoms with Crippen molar-refractivity contribution in [2.75, 3.05) is 17.7 Å². The number of benzene rings is 2. The summed E-state index contributed by atoms with van der Waals surface area (Å²) in [5.41, 5.74) is 3.36. The maximum Gasteiger partial charge on any atom is 0.309 e. The first-order valence-corrected chi connectivity index (χ1v) is 10.1. The van der Waals surface area contributed by atoms with Gasteiger partial charge in [-0.2, -0.15) is 15.5 Å². The summed E-state index contributed by atoms with van der Waals surface area (Å²) >= 11 is 0. The molecule has 0 unspecified atom stereocenters. The standard InChI is InChI=1S/C23H23N7O2/c1-4-30-22(31)21(26-18-9-7-16(14-25)8-10-18)28-23(29-30)27-20-15(2)12-17(6-5-11-24)13-19(20)32-3/h7-10,12-13H,4-6H2,1-3H3,(H2,26,27,28,29). The van der Waals surface area contributed by atoms with Crippen LogP contribution in [0.3, 0.4) is 0 Å². The molecule has 0 radical (unpaired) electrons. The molecule has 1 aromatic heterocycles. The molecule has 0 aliphatic carbocycles. The van der Waals surface area contributed by atoms with Crippen molar-refractivity contribution in [3.05, 3.63) is 63.4 Å². The number of aromatic nitrogens is 3. The number of ether oxygens (including phenoxy) is 1. The molecule has 0 saturated heterocycles. The van der Waals surface area contributed by atoms with Crippen molar-refractivity contribution in [2.45, 2.75) is 33.2 Å². The third-order valence-corrected chi connectivity index (χ3v) is 4.79. The van der Waals surface area contributed by atoms with Crippen LogP contribution in [-0.2, 0) is 13.0 Å². The lowest BCUT2D eigenvalue weighted by Gasteiger charge is -2.16. The van der Waals surface area contributed by atoms with Crippen LogP contribution >= 0.6 is 0 Å². The Morgan fingerprint density at radius 1 is 1.16 bits per heavy atom. The van der Waals surface area contributed by atoms with Gasteiger partial charge in [-0.3, -0.25) is 4.79 Å². The van der Waals surface area contributed by atoms with Crippen LogP contribution in [0.4, 0.5) is 23.1 Å². The van der Waals surface area contributed by atoms with Gasteiger partial charge < -0.3 is 15.4 Å². The summed E-state index contributed by atoms with van der Waals surface area (Å²) in [6, 6.07) is 14.8. The summed E-state index contributed by atoms with van der Waals surface area (Å²) in [4.78, 5) is 17.1. The smallest absolute Gasteiger partial charge is 0.309 e. The number of nitriles is 2. The van der Waals surface area contributed by atoms with E-state index < -0.39 is 0 Å². The molecule has 2 N–H and O–H groups in total. The first-order valence-electron chi connectivity index (χ1n) is 10.1. The van der Waals surface area contributed by atoms with Crippen LogP contribution in [0.25, 0.3) is 0 Å². The zero-order valence-electron chi connectivity index (χ0n) is 18.1. The van der Waals surface area contributed by atoms with Gasteiger partial charge in [0.25, 0.3) is 0 Å². The van der Waals surface area contributed by atoms with E-state index in [1.165, 1.54) is 4.68 Å². The van der Waals surface area contributed by atoms with Gasteiger partial charge in [-0.1, -0.05) is 6.07 Å². The van der Waals surface area contributed by atoms with E-state index in [9.17, 15) is 4.79 Å². The van der Waals surface area contributed by atoms with E-state index in [0.717, 1.165) is 11.1 Å². The summed E-state index contributed by atoms with van der Waals surface area (Å²) in [7, 11) is 1.57. The molecule has 0 amide bonds. The first kappa shape index (κ1) is 22.3. The van der Waals surface area contributed by atoms with Crippen molar-refractivity contribution in [2.24, 2.45) is 0 Å². The summed E-state index contributed by atoms with van der Waals surface area (Å²) in [5.74, 6) is 0.933. The minimum atomic E-state index is -0.363. The SMILES string of the molecule is CCn1nc(Nc2c(C)cc(CCC#N)cc2OC)nc(Nc2ccc(C#N)cc2)c1=O. The van der Waals surface area contributed by atoms with Gasteiger partial charge >= 0.3 is 5.56 Å². The number of hydrogen-bond donors (Lipinski definition) is 2. The van der Waals surface area contributed by atoms with E-state index in [4.69, 9.17) is 15.3 Å². The molecule has 9 heteroatoms. The van der Waals surface area contributed by atoms with Crippen LogP contribution in [0, 0.1) is 29.6 Å². The molecule has 9 nitrogen and oxygen atoms in total. The van der Waals surface area contributed by atoms with E-state index >= 15 is 0 Å². The summed E-state index contributed by atoms with van der Waals surface area (Å²) in [6.07, 6.45) is 1.05. The number of aryl methyl sites for hydroxylation is 3. The summed E-state index contributed by atoms with van der Waals surface area (Å²) < 4.78 is 6.85. The van der Waals surface area contributed by atoms with Gasteiger partial charge in [0.2, 0.25) is 11.8 Å². The zero-order valence-corrected chi connectivity index (χ0v) is 18.1. The fourth-order valence-electron chi connectivity index (χ4n) is 3.18. The average molecular weight is 429 g/mol. The molecule has 162 valence electrons.